The lowest BCUT2D eigenvalue weighted by atomic mass is 10.2. The number of hydrogen-bond acceptors (Lipinski definition) is 3. The van der Waals surface area contributed by atoms with Gasteiger partial charge in [0.1, 0.15) is 0 Å². The Bertz CT molecular complexity index is 383. The fourth-order valence-electron chi connectivity index (χ4n) is 2.00. The number of amides is 1. The fourth-order valence-corrected chi connectivity index (χ4v) is 2.00. The van der Waals surface area contributed by atoms with Crippen molar-refractivity contribution < 1.29 is 9.90 Å². The number of carbonyl (C=O) groups excluding carboxylic acids is 1. The standard InChI is InChI=1S/C11H14N2O2/c1-7-3-4-12-8(2)11(7)13-6-9(14)5-10(13)15/h3-4,9,14H,5-6H2,1-2H3. The first kappa shape index (κ1) is 10.1. The van der Waals surface area contributed by atoms with Gasteiger partial charge in [0.2, 0.25) is 5.91 Å². The Hall–Kier alpha value is -1.42. The maximum absolute atomic E-state index is 11.6. The van der Waals surface area contributed by atoms with E-state index in [4.69, 9.17) is 0 Å². The lowest BCUT2D eigenvalue weighted by Crippen LogP contribution is -2.27. The Morgan fingerprint density at radius 3 is 2.80 bits per heavy atom. The molecule has 0 radical (unpaired) electrons. The van der Waals surface area contributed by atoms with Crippen molar-refractivity contribution in [1.29, 1.82) is 0 Å². The molecule has 1 unspecified atom stereocenters. The van der Waals surface area contributed by atoms with E-state index in [1.54, 1.807) is 11.1 Å². The molecule has 1 amide bonds. The van der Waals surface area contributed by atoms with Gasteiger partial charge in [-0.3, -0.25) is 9.78 Å². The molecule has 1 fully saturated rings. The number of aliphatic hydroxyl groups excluding tert-OH is 1. The summed E-state index contributed by atoms with van der Waals surface area (Å²) in [5.74, 6) is -0.0262. The number of rotatable bonds is 1. The Labute approximate surface area is 88.6 Å². The second-order valence-corrected chi connectivity index (χ2v) is 3.92. The lowest BCUT2D eigenvalue weighted by Gasteiger charge is -2.19. The van der Waals surface area contributed by atoms with Crippen LogP contribution in [0.1, 0.15) is 17.7 Å². The summed E-state index contributed by atoms with van der Waals surface area (Å²) >= 11 is 0. The zero-order valence-electron chi connectivity index (χ0n) is 8.90. The highest BCUT2D eigenvalue weighted by molar-refractivity contribution is 5.97. The normalized spacial score (nSPS) is 21.1. The largest absolute Gasteiger partial charge is 0.391 e. The highest BCUT2D eigenvalue weighted by atomic mass is 16.3. The average Bonchev–Trinajstić information content (AvgIpc) is 2.45. The van der Waals surface area contributed by atoms with Gasteiger partial charge >= 0.3 is 0 Å². The summed E-state index contributed by atoms with van der Waals surface area (Å²) in [6, 6.07) is 1.88. The van der Waals surface area contributed by atoms with Gasteiger partial charge in [-0.2, -0.15) is 0 Å². The van der Waals surface area contributed by atoms with Crippen molar-refractivity contribution in [3.05, 3.63) is 23.5 Å². The summed E-state index contributed by atoms with van der Waals surface area (Å²) in [6.07, 6.45) is 1.40. The predicted octanol–water partition coefficient (Wildman–Crippen LogP) is 0.796. The summed E-state index contributed by atoms with van der Waals surface area (Å²) < 4.78 is 0. The first-order valence-corrected chi connectivity index (χ1v) is 5.00. The van der Waals surface area contributed by atoms with E-state index in [0.717, 1.165) is 16.9 Å². The van der Waals surface area contributed by atoms with Crippen LogP contribution < -0.4 is 4.90 Å². The lowest BCUT2D eigenvalue weighted by molar-refractivity contribution is -0.117. The van der Waals surface area contributed by atoms with Gasteiger partial charge in [0.15, 0.2) is 0 Å². The zero-order chi connectivity index (χ0) is 11.0. The maximum Gasteiger partial charge on any atom is 0.229 e. The van der Waals surface area contributed by atoms with E-state index >= 15 is 0 Å². The summed E-state index contributed by atoms with van der Waals surface area (Å²) in [4.78, 5) is 17.4. The molecule has 4 heteroatoms. The van der Waals surface area contributed by atoms with Crippen LogP contribution in [0.25, 0.3) is 0 Å². The van der Waals surface area contributed by atoms with Crippen LogP contribution in [0.5, 0.6) is 0 Å². The second kappa shape index (κ2) is 3.62. The molecule has 4 nitrogen and oxygen atoms in total. The van der Waals surface area contributed by atoms with E-state index in [1.807, 2.05) is 19.9 Å². The monoisotopic (exact) mass is 206 g/mol. The molecule has 0 aliphatic carbocycles. The van der Waals surface area contributed by atoms with Crippen LogP contribution in [0.2, 0.25) is 0 Å². The molecule has 0 aromatic carbocycles. The second-order valence-electron chi connectivity index (χ2n) is 3.92. The quantitative estimate of drug-likeness (QED) is 0.739. The van der Waals surface area contributed by atoms with Crippen LogP contribution in [0.15, 0.2) is 12.3 Å². The Morgan fingerprint density at radius 2 is 2.27 bits per heavy atom. The summed E-state index contributed by atoms with van der Waals surface area (Å²) in [5, 5.41) is 9.43. The number of aryl methyl sites for hydroxylation is 2. The molecule has 1 N–H and O–H groups in total. The number of pyridine rings is 1. The van der Waals surface area contributed by atoms with Gasteiger partial charge in [-0.15, -0.1) is 0 Å². The van der Waals surface area contributed by atoms with Crippen LogP contribution >= 0.6 is 0 Å². The van der Waals surface area contributed by atoms with Crippen LogP contribution in [0.4, 0.5) is 5.69 Å². The fraction of sp³-hybridized carbons (Fsp3) is 0.455. The van der Waals surface area contributed by atoms with Crippen LogP contribution in [0.3, 0.4) is 0 Å². The molecule has 2 rings (SSSR count). The Balaban J connectivity index is 2.41. The van der Waals surface area contributed by atoms with Gasteiger partial charge in [0.05, 0.1) is 30.5 Å². The minimum Gasteiger partial charge on any atom is -0.391 e. The van der Waals surface area contributed by atoms with E-state index in [0.29, 0.717) is 6.54 Å². The van der Waals surface area contributed by atoms with Gasteiger partial charge in [-0.05, 0) is 25.5 Å². The number of aliphatic hydroxyl groups is 1. The summed E-state index contributed by atoms with van der Waals surface area (Å²) in [5.41, 5.74) is 2.70. The van der Waals surface area contributed by atoms with Gasteiger partial charge < -0.3 is 10.0 Å². The van der Waals surface area contributed by atoms with Crippen LogP contribution in [-0.4, -0.2) is 28.6 Å². The molecule has 1 aromatic rings. The van der Waals surface area contributed by atoms with Crippen molar-refractivity contribution in [2.75, 3.05) is 11.4 Å². The first-order chi connectivity index (χ1) is 7.09. The van der Waals surface area contributed by atoms with Gasteiger partial charge in [0.25, 0.3) is 0 Å². The molecule has 0 saturated carbocycles. The summed E-state index contributed by atoms with van der Waals surface area (Å²) in [7, 11) is 0. The molecule has 0 spiro atoms. The predicted molar refractivity (Wildman–Crippen MR) is 56.7 cm³/mol. The number of carbonyl (C=O) groups is 1. The van der Waals surface area contributed by atoms with E-state index in [2.05, 4.69) is 4.98 Å². The molecule has 1 aromatic heterocycles. The molecule has 2 heterocycles. The Kier molecular flexibility index (Phi) is 2.44. The number of aromatic nitrogens is 1. The minimum atomic E-state index is -0.545. The highest BCUT2D eigenvalue weighted by Crippen LogP contribution is 2.27. The first-order valence-electron chi connectivity index (χ1n) is 5.00. The molecule has 1 saturated heterocycles. The molecule has 1 aliphatic rings. The maximum atomic E-state index is 11.6. The van der Waals surface area contributed by atoms with Crippen LogP contribution in [-0.2, 0) is 4.79 Å². The Morgan fingerprint density at radius 1 is 1.53 bits per heavy atom. The molecule has 15 heavy (non-hydrogen) atoms. The topological polar surface area (TPSA) is 53.4 Å². The van der Waals surface area contributed by atoms with E-state index in [1.165, 1.54) is 0 Å². The third kappa shape index (κ3) is 1.72. The van der Waals surface area contributed by atoms with Gasteiger partial charge in [-0.1, -0.05) is 0 Å². The highest BCUT2D eigenvalue weighted by Gasteiger charge is 2.30. The number of β-amino-alcohol motifs (C(OH)–C–C–N with tert-alkyl or cyclic N) is 1. The average molecular weight is 206 g/mol. The van der Waals surface area contributed by atoms with Crippen molar-refractivity contribution in [2.24, 2.45) is 0 Å². The molecular formula is C11H14N2O2. The van der Waals surface area contributed by atoms with Crippen molar-refractivity contribution in [1.82, 2.24) is 4.98 Å². The third-order valence-corrected chi connectivity index (χ3v) is 2.68. The van der Waals surface area contributed by atoms with E-state index < -0.39 is 6.10 Å². The van der Waals surface area contributed by atoms with E-state index in [9.17, 15) is 9.90 Å². The van der Waals surface area contributed by atoms with Gasteiger partial charge in [-0.25, -0.2) is 0 Å². The van der Waals surface area contributed by atoms with Crippen molar-refractivity contribution >= 4 is 11.6 Å². The number of anilines is 1. The van der Waals surface area contributed by atoms with Crippen molar-refractivity contribution in [2.45, 2.75) is 26.4 Å². The van der Waals surface area contributed by atoms with Crippen molar-refractivity contribution in [3.63, 3.8) is 0 Å². The summed E-state index contributed by atoms with van der Waals surface area (Å²) in [6.45, 7) is 4.20. The SMILES string of the molecule is Cc1ccnc(C)c1N1CC(O)CC1=O. The number of hydrogen-bond donors (Lipinski definition) is 1. The van der Waals surface area contributed by atoms with Gasteiger partial charge in [0, 0.05) is 6.20 Å². The third-order valence-electron chi connectivity index (χ3n) is 2.68. The zero-order valence-corrected chi connectivity index (χ0v) is 8.90. The molecular weight excluding hydrogens is 192 g/mol. The molecule has 1 aliphatic heterocycles. The van der Waals surface area contributed by atoms with E-state index in [-0.39, 0.29) is 12.3 Å². The minimum absolute atomic E-state index is 0.0262. The number of nitrogens with zero attached hydrogens (tertiary/aromatic N) is 2. The van der Waals surface area contributed by atoms with Crippen LogP contribution in [0, 0.1) is 13.8 Å². The van der Waals surface area contributed by atoms with Crippen molar-refractivity contribution in [3.8, 4) is 0 Å². The molecule has 1 atom stereocenters. The molecule has 80 valence electrons. The molecule has 0 bridgehead atoms. The smallest absolute Gasteiger partial charge is 0.229 e.